The first-order valence-electron chi connectivity index (χ1n) is 11.5. The Hall–Kier alpha value is -3.23. The van der Waals surface area contributed by atoms with Gasteiger partial charge in [0.25, 0.3) is 0 Å². The Morgan fingerprint density at radius 2 is 1.57 bits per heavy atom. The molecule has 1 aromatic heterocycles. The zero-order valence-electron chi connectivity index (χ0n) is 20.2. The van der Waals surface area contributed by atoms with Crippen LogP contribution in [-0.2, 0) is 17.6 Å². The van der Waals surface area contributed by atoms with Crippen LogP contribution in [0.5, 0.6) is 0 Å². The number of amides is 1. The molecule has 8 heteroatoms. The lowest BCUT2D eigenvalue weighted by molar-refractivity contribution is 0.0404. The molecule has 0 spiro atoms. The first-order chi connectivity index (χ1) is 16.6. The van der Waals surface area contributed by atoms with Gasteiger partial charge < -0.3 is 20.3 Å². The average Bonchev–Trinajstić information content (AvgIpc) is 3.29. The molecule has 3 aromatic rings. The molecule has 0 bridgehead atoms. The number of rotatable bonds is 10. The van der Waals surface area contributed by atoms with E-state index >= 15 is 0 Å². The summed E-state index contributed by atoms with van der Waals surface area (Å²) in [6.45, 7) is 5.36. The predicted octanol–water partition coefficient (Wildman–Crippen LogP) is 5.05. The van der Waals surface area contributed by atoms with Crippen LogP contribution in [0.25, 0.3) is 0 Å². The number of carbonyl (C=O) groups is 2. The van der Waals surface area contributed by atoms with E-state index in [1.54, 1.807) is 20.8 Å². The van der Waals surface area contributed by atoms with Crippen LogP contribution >= 0.6 is 11.3 Å². The van der Waals surface area contributed by atoms with Gasteiger partial charge in [-0.05, 0) is 51.2 Å². The maximum atomic E-state index is 12.6. The summed E-state index contributed by atoms with van der Waals surface area (Å²) < 4.78 is 5.43. The largest absolute Gasteiger partial charge is 0.477 e. The summed E-state index contributed by atoms with van der Waals surface area (Å²) in [7, 11) is 0. The summed E-state index contributed by atoms with van der Waals surface area (Å²) in [5.41, 5.74) is 1.35. The monoisotopic (exact) mass is 496 g/mol. The van der Waals surface area contributed by atoms with Crippen LogP contribution in [0.1, 0.15) is 58.9 Å². The Kier molecular flexibility index (Phi) is 9.01. The first kappa shape index (κ1) is 26.4. The van der Waals surface area contributed by atoms with Crippen molar-refractivity contribution in [2.75, 3.05) is 0 Å². The fourth-order valence-electron chi connectivity index (χ4n) is 3.81. The third-order valence-electron chi connectivity index (χ3n) is 5.40. The lowest BCUT2D eigenvalue weighted by atomic mass is 9.89. The molecule has 0 saturated heterocycles. The number of aliphatic hydroxyl groups is 1. The molecule has 3 rings (SSSR count). The molecule has 186 valence electrons. The van der Waals surface area contributed by atoms with Crippen molar-refractivity contribution < 1.29 is 24.5 Å². The molecular formula is C27H32N2O5S. The smallest absolute Gasteiger partial charge is 0.407 e. The van der Waals surface area contributed by atoms with Crippen molar-refractivity contribution in [1.82, 2.24) is 10.3 Å². The van der Waals surface area contributed by atoms with Gasteiger partial charge in [-0.25, -0.2) is 14.6 Å². The van der Waals surface area contributed by atoms with E-state index in [0.29, 0.717) is 17.8 Å². The van der Waals surface area contributed by atoms with Crippen molar-refractivity contribution in [2.45, 2.75) is 63.7 Å². The van der Waals surface area contributed by atoms with Gasteiger partial charge in [0, 0.05) is 5.92 Å². The van der Waals surface area contributed by atoms with Crippen molar-refractivity contribution in [3.8, 4) is 0 Å². The van der Waals surface area contributed by atoms with E-state index in [9.17, 15) is 19.8 Å². The van der Waals surface area contributed by atoms with Crippen LogP contribution in [0, 0.1) is 0 Å². The van der Waals surface area contributed by atoms with Crippen molar-refractivity contribution in [3.05, 3.63) is 87.9 Å². The molecule has 0 aliphatic carbocycles. The SMILES string of the molecule is CC(C)(C)OC(=O)N[C@@H](Cc1ccccc1)[C@@H](O)CC(Cc1ccccc1)c1ncc(C(=O)O)s1. The number of aliphatic hydroxyl groups excluding tert-OH is 1. The first-order valence-corrected chi connectivity index (χ1v) is 12.4. The molecule has 2 aromatic carbocycles. The number of aromatic carboxylic acids is 1. The summed E-state index contributed by atoms with van der Waals surface area (Å²) >= 11 is 1.11. The van der Waals surface area contributed by atoms with E-state index in [1.807, 2.05) is 60.7 Å². The second kappa shape index (κ2) is 12.0. The summed E-state index contributed by atoms with van der Waals surface area (Å²) in [6, 6.07) is 18.8. The molecule has 1 unspecified atom stereocenters. The molecule has 0 aliphatic heterocycles. The summed E-state index contributed by atoms with van der Waals surface area (Å²) in [5.74, 6) is -1.26. The number of alkyl carbamates (subject to hydrolysis) is 1. The number of nitrogens with zero attached hydrogens (tertiary/aromatic N) is 1. The molecule has 3 N–H and O–H groups in total. The maximum Gasteiger partial charge on any atom is 0.407 e. The lowest BCUT2D eigenvalue weighted by Gasteiger charge is -2.29. The van der Waals surface area contributed by atoms with Gasteiger partial charge in [-0.2, -0.15) is 0 Å². The lowest BCUT2D eigenvalue weighted by Crippen LogP contribution is -2.47. The molecule has 3 atom stereocenters. The second-order valence-electron chi connectivity index (χ2n) is 9.50. The minimum Gasteiger partial charge on any atom is -0.477 e. The van der Waals surface area contributed by atoms with E-state index < -0.39 is 29.8 Å². The molecule has 1 heterocycles. The normalized spacial score (nSPS) is 14.1. The third-order valence-corrected chi connectivity index (χ3v) is 6.55. The zero-order chi connectivity index (χ0) is 25.4. The molecule has 7 nitrogen and oxygen atoms in total. The van der Waals surface area contributed by atoms with Gasteiger partial charge in [0.2, 0.25) is 0 Å². The number of hydrogen-bond acceptors (Lipinski definition) is 6. The molecule has 0 saturated carbocycles. The zero-order valence-corrected chi connectivity index (χ0v) is 21.0. The number of ether oxygens (including phenoxy) is 1. The number of benzene rings is 2. The molecule has 0 aliphatic rings. The quantitative estimate of drug-likeness (QED) is 0.362. The number of hydrogen-bond donors (Lipinski definition) is 3. The molecule has 0 fully saturated rings. The molecular weight excluding hydrogens is 464 g/mol. The van der Waals surface area contributed by atoms with E-state index in [0.717, 1.165) is 22.5 Å². The number of nitrogens with one attached hydrogen (secondary N) is 1. The van der Waals surface area contributed by atoms with Gasteiger partial charge >= 0.3 is 12.1 Å². The topological polar surface area (TPSA) is 109 Å². The highest BCUT2D eigenvalue weighted by atomic mass is 32.1. The highest BCUT2D eigenvalue weighted by molar-refractivity contribution is 7.13. The molecule has 0 radical (unpaired) electrons. The minimum absolute atomic E-state index is 0.153. The summed E-state index contributed by atoms with van der Waals surface area (Å²) in [6.07, 6.45) is 1.11. The number of thiazole rings is 1. The van der Waals surface area contributed by atoms with E-state index in [1.165, 1.54) is 6.20 Å². The minimum atomic E-state index is -1.03. The van der Waals surface area contributed by atoms with Crippen molar-refractivity contribution >= 4 is 23.4 Å². The molecule has 35 heavy (non-hydrogen) atoms. The fourth-order valence-corrected chi connectivity index (χ4v) is 4.68. The maximum absolute atomic E-state index is 12.6. The van der Waals surface area contributed by atoms with Crippen molar-refractivity contribution in [1.29, 1.82) is 0 Å². The van der Waals surface area contributed by atoms with Crippen LogP contribution < -0.4 is 5.32 Å². The number of carbonyl (C=O) groups excluding carboxylic acids is 1. The van der Waals surface area contributed by atoms with E-state index in [4.69, 9.17) is 4.74 Å². The standard InChI is InChI=1S/C27H32N2O5S/c1-27(2,3)34-26(33)29-21(15-19-12-8-5-9-13-19)22(30)16-20(14-18-10-6-4-7-11-18)24-28-17-23(35-24)25(31)32/h4-13,17,20-22,30H,14-16H2,1-3H3,(H,29,33)(H,31,32)/t20?,21-,22-/m0/s1. The van der Waals surface area contributed by atoms with Gasteiger partial charge in [0.05, 0.1) is 23.4 Å². The van der Waals surface area contributed by atoms with Gasteiger partial charge in [0.15, 0.2) is 0 Å². The Labute approximate surface area is 209 Å². The van der Waals surface area contributed by atoms with Crippen molar-refractivity contribution in [2.24, 2.45) is 0 Å². The fraction of sp³-hybridized carbons (Fsp3) is 0.370. The number of carboxylic acids is 1. The van der Waals surface area contributed by atoms with Crippen LogP contribution in [-0.4, -0.2) is 45.0 Å². The third kappa shape index (κ3) is 8.49. The summed E-state index contributed by atoms with van der Waals surface area (Å²) in [5, 5.41) is 24.2. The van der Waals surface area contributed by atoms with E-state index in [2.05, 4.69) is 10.3 Å². The van der Waals surface area contributed by atoms with Crippen LogP contribution in [0.15, 0.2) is 66.9 Å². The van der Waals surface area contributed by atoms with Gasteiger partial charge in [-0.1, -0.05) is 60.7 Å². The van der Waals surface area contributed by atoms with Gasteiger partial charge in [-0.15, -0.1) is 11.3 Å². The van der Waals surface area contributed by atoms with Crippen LogP contribution in [0.2, 0.25) is 0 Å². The van der Waals surface area contributed by atoms with Gasteiger partial charge in [-0.3, -0.25) is 0 Å². The van der Waals surface area contributed by atoms with Crippen LogP contribution in [0.3, 0.4) is 0 Å². The van der Waals surface area contributed by atoms with Gasteiger partial charge in [0.1, 0.15) is 10.5 Å². The Morgan fingerprint density at radius 1 is 1.00 bits per heavy atom. The highest BCUT2D eigenvalue weighted by Gasteiger charge is 2.29. The summed E-state index contributed by atoms with van der Waals surface area (Å²) in [4.78, 5) is 28.5. The number of aromatic nitrogens is 1. The van der Waals surface area contributed by atoms with Crippen LogP contribution in [0.4, 0.5) is 4.79 Å². The number of carboxylic acid groups (broad SMARTS) is 1. The Balaban J connectivity index is 1.84. The predicted molar refractivity (Wildman–Crippen MR) is 136 cm³/mol. The average molecular weight is 497 g/mol. The second-order valence-corrected chi connectivity index (χ2v) is 10.6. The Morgan fingerprint density at radius 3 is 2.09 bits per heavy atom. The Bertz CT molecular complexity index is 1100. The van der Waals surface area contributed by atoms with Crippen molar-refractivity contribution in [3.63, 3.8) is 0 Å². The highest BCUT2D eigenvalue weighted by Crippen LogP contribution is 2.30. The van der Waals surface area contributed by atoms with E-state index in [-0.39, 0.29) is 17.2 Å². The molecule has 1 amide bonds.